The Bertz CT molecular complexity index is 1040. The maximum atomic E-state index is 12.7. The molecule has 0 amide bonds. The van der Waals surface area contributed by atoms with Crippen molar-refractivity contribution in [1.29, 1.82) is 0 Å². The zero-order valence-electron chi connectivity index (χ0n) is 12.6. The maximum Gasteiger partial charge on any atom is 0.271 e. The minimum atomic E-state index is 0.00535. The molecule has 1 aromatic carbocycles. The maximum absolute atomic E-state index is 12.7. The summed E-state index contributed by atoms with van der Waals surface area (Å²) in [4.78, 5) is 24.1. The van der Waals surface area contributed by atoms with Gasteiger partial charge in [-0.25, -0.2) is 4.99 Å². The molecule has 24 heavy (non-hydrogen) atoms. The zero-order chi connectivity index (χ0) is 16.5. The van der Waals surface area contributed by atoms with Crippen LogP contribution in [0.4, 0.5) is 5.69 Å². The van der Waals surface area contributed by atoms with Gasteiger partial charge in [-0.2, -0.15) is 0 Å². The third-order valence-corrected chi connectivity index (χ3v) is 5.54. The van der Waals surface area contributed by atoms with Gasteiger partial charge in [-0.3, -0.25) is 14.3 Å². The lowest BCUT2D eigenvalue weighted by Crippen LogP contribution is -2.42. The number of halogens is 1. The van der Waals surface area contributed by atoms with E-state index in [0.717, 1.165) is 16.1 Å². The summed E-state index contributed by atoms with van der Waals surface area (Å²) in [5, 5.41) is 0. The van der Waals surface area contributed by atoms with Gasteiger partial charge in [0.05, 0.1) is 4.53 Å². The fourth-order valence-corrected chi connectivity index (χ4v) is 3.86. The molecule has 7 heteroatoms. The second-order valence-electron chi connectivity index (χ2n) is 5.36. The number of hydrogen-bond donors (Lipinski definition) is 0. The molecule has 3 aromatic rings. The Morgan fingerprint density at radius 3 is 2.62 bits per heavy atom. The van der Waals surface area contributed by atoms with E-state index < -0.39 is 0 Å². The van der Waals surface area contributed by atoms with Crippen molar-refractivity contribution in [1.82, 2.24) is 9.55 Å². The van der Waals surface area contributed by atoms with Crippen molar-refractivity contribution in [2.45, 2.75) is 6.67 Å². The summed E-state index contributed by atoms with van der Waals surface area (Å²) < 4.78 is 3.62. The van der Waals surface area contributed by atoms with Crippen LogP contribution < -0.4 is 19.8 Å². The first-order valence-electron chi connectivity index (χ1n) is 7.37. The molecule has 4 rings (SSSR count). The van der Waals surface area contributed by atoms with Gasteiger partial charge in [0.1, 0.15) is 13.3 Å². The molecule has 120 valence electrons. The zero-order valence-corrected chi connectivity index (χ0v) is 15.6. The monoisotopic (exact) mass is 448 g/mol. The number of benzene rings is 1. The van der Waals surface area contributed by atoms with E-state index in [1.807, 2.05) is 18.2 Å². The largest absolute Gasteiger partial charge is 0.334 e. The Labute approximate surface area is 155 Å². The summed E-state index contributed by atoms with van der Waals surface area (Å²) in [6.45, 7) is 1.09. The summed E-state index contributed by atoms with van der Waals surface area (Å²) >= 11 is 3.72. The molecule has 3 heterocycles. The van der Waals surface area contributed by atoms with E-state index >= 15 is 0 Å². The molecule has 0 unspecified atom stereocenters. The van der Waals surface area contributed by atoms with Crippen LogP contribution in [0.15, 0.2) is 58.6 Å². The van der Waals surface area contributed by atoms with Crippen molar-refractivity contribution in [2.24, 2.45) is 4.99 Å². The van der Waals surface area contributed by atoms with Gasteiger partial charge in [-0.05, 0) is 70.6 Å². The van der Waals surface area contributed by atoms with Crippen LogP contribution in [0.5, 0.6) is 0 Å². The quantitative estimate of drug-likeness (QED) is 0.562. The van der Waals surface area contributed by atoms with Crippen molar-refractivity contribution in [3.63, 3.8) is 0 Å². The molecule has 0 fully saturated rings. The Kier molecular flexibility index (Phi) is 4.19. The topological polar surface area (TPSA) is 50.5 Å². The van der Waals surface area contributed by atoms with Crippen LogP contribution >= 0.6 is 33.9 Å². The van der Waals surface area contributed by atoms with Crippen molar-refractivity contribution >= 4 is 45.7 Å². The van der Waals surface area contributed by atoms with E-state index in [2.05, 4.69) is 61.7 Å². The minimum absolute atomic E-state index is 0.00535. The second kappa shape index (κ2) is 6.48. The number of thiazole rings is 1. The van der Waals surface area contributed by atoms with Gasteiger partial charge >= 0.3 is 0 Å². The van der Waals surface area contributed by atoms with E-state index in [0.29, 0.717) is 17.9 Å². The number of nitrogens with zero attached hydrogens (tertiary/aromatic N) is 4. The molecular weight excluding hydrogens is 435 g/mol. The predicted molar refractivity (Wildman–Crippen MR) is 104 cm³/mol. The Morgan fingerprint density at radius 2 is 1.88 bits per heavy atom. The highest BCUT2D eigenvalue weighted by atomic mass is 127. The first-order valence-corrected chi connectivity index (χ1v) is 9.27. The summed E-state index contributed by atoms with van der Waals surface area (Å²) in [5.74, 6) is 0. The van der Waals surface area contributed by atoms with E-state index in [4.69, 9.17) is 0 Å². The number of rotatable bonds is 2. The van der Waals surface area contributed by atoms with E-state index in [1.165, 1.54) is 14.9 Å². The van der Waals surface area contributed by atoms with E-state index in [-0.39, 0.29) is 5.56 Å². The van der Waals surface area contributed by atoms with Gasteiger partial charge in [0.2, 0.25) is 0 Å². The van der Waals surface area contributed by atoms with Crippen molar-refractivity contribution in [3.8, 4) is 0 Å². The van der Waals surface area contributed by atoms with Crippen LogP contribution in [0.3, 0.4) is 0 Å². The second-order valence-corrected chi connectivity index (χ2v) is 7.62. The molecule has 1 aliphatic rings. The summed E-state index contributed by atoms with van der Waals surface area (Å²) in [6.07, 6.45) is 5.34. The SMILES string of the molecule is O=c1c(=Cc2ccncc2)sc2n1CN(c1ccc(I)cc1)CN=2. The van der Waals surface area contributed by atoms with Crippen molar-refractivity contribution in [2.75, 3.05) is 11.6 Å². The molecule has 5 nitrogen and oxygen atoms in total. The van der Waals surface area contributed by atoms with Crippen molar-refractivity contribution in [3.05, 3.63) is 77.6 Å². The lowest BCUT2D eigenvalue weighted by molar-refractivity contribution is 0.569. The van der Waals surface area contributed by atoms with Crippen LogP contribution in [0.2, 0.25) is 0 Å². The Morgan fingerprint density at radius 1 is 1.12 bits per heavy atom. The Hall–Kier alpha value is -2.00. The van der Waals surface area contributed by atoms with Gasteiger partial charge in [-0.1, -0.05) is 11.3 Å². The smallest absolute Gasteiger partial charge is 0.271 e. The lowest BCUT2D eigenvalue weighted by Gasteiger charge is -2.25. The van der Waals surface area contributed by atoms with Gasteiger partial charge in [0.25, 0.3) is 5.56 Å². The third-order valence-electron chi connectivity index (χ3n) is 3.77. The third kappa shape index (κ3) is 3.01. The number of anilines is 1. The standard InChI is InChI=1S/C17H13IN4OS/c18-13-1-3-14(4-2-13)21-10-20-17-22(11-21)16(23)15(24-17)9-12-5-7-19-8-6-12/h1-9H,10-11H2. The number of aromatic nitrogens is 2. The number of hydrogen-bond acceptors (Lipinski definition) is 5. The van der Waals surface area contributed by atoms with Crippen LogP contribution in [-0.4, -0.2) is 16.2 Å². The van der Waals surface area contributed by atoms with Crippen molar-refractivity contribution < 1.29 is 0 Å². The molecule has 0 bridgehead atoms. The van der Waals surface area contributed by atoms with Crippen LogP contribution in [0.25, 0.3) is 6.08 Å². The average molecular weight is 448 g/mol. The normalized spacial score (nSPS) is 14.4. The van der Waals surface area contributed by atoms with E-state index in [9.17, 15) is 4.79 Å². The molecule has 0 N–H and O–H groups in total. The molecule has 0 atom stereocenters. The highest BCUT2D eigenvalue weighted by Crippen LogP contribution is 2.17. The molecular formula is C17H13IN4OS. The van der Waals surface area contributed by atoms with Crippen LogP contribution in [0, 0.1) is 3.57 Å². The fraction of sp³-hybridized carbons (Fsp3) is 0.118. The summed E-state index contributed by atoms with van der Waals surface area (Å²) in [6, 6.07) is 12.0. The molecule has 2 aromatic heterocycles. The first-order chi connectivity index (χ1) is 11.7. The van der Waals surface area contributed by atoms with Crippen LogP contribution in [-0.2, 0) is 6.67 Å². The highest BCUT2D eigenvalue weighted by molar-refractivity contribution is 14.1. The molecule has 0 spiro atoms. The molecule has 0 aliphatic carbocycles. The molecule has 1 aliphatic heterocycles. The lowest BCUT2D eigenvalue weighted by atomic mass is 10.2. The van der Waals surface area contributed by atoms with Crippen LogP contribution in [0.1, 0.15) is 5.56 Å². The molecule has 0 saturated carbocycles. The average Bonchev–Trinajstić information content (AvgIpc) is 2.92. The number of pyridine rings is 1. The highest BCUT2D eigenvalue weighted by Gasteiger charge is 2.15. The predicted octanol–water partition coefficient (Wildman–Crippen LogP) is 1.79. The molecule has 0 saturated heterocycles. The summed E-state index contributed by atoms with van der Waals surface area (Å²) in [5.41, 5.74) is 2.05. The summed E-state index contributed by atoms with van der Waals surface area (Å²) in [7, 11) is 0. The van der Waals surface area contributed by atoms with Gasteiger partial charge in [-0.15, -0.1) is 0 Å². The fourth-order valence-electron chi connectivity index (χ4n) is 2.54. The molecule has 0 radical (unpaired) electrons. The van der Waals surface area contributed by atoms with Gasteiger partial charge in [0.15, 0.2) is 4.80 Å². The minimum Gasteiger partial charge on any atom is -0.334 e. The Balaban J connectivity index is 1.71. The van der Waals surface area contributed by atoms with E-state index in [1.54, 1.807) is 17.0 Å². The number of fused-ring (bicyclic) bond motifs is 1. The first kappa shape index (κ1) is 15.5. The van der Waals surface area contributed by atoms with Gasteiger partial charge in [0, 0.05) is 21.7 Å². The van der Waals surface area contributed by atoms with Gasteiger partial charge < -0.3 is 4.90 Å².